The van der Waals surface area contributed by atoms with E-state index in [9.17, 15) is 0 Å². The minimum Gasteiger partial charge on any atom is -0.379 e. The molecule has 1 saturated heterocycles. The van der Waals surface area contributed by atoms with Crippen LogP contribution in [-0.4, -0.2) is 24.6 Å². The van der Waals surface area contributed by atoms with Crippen molar-refractivity contribution in [1.82, 2.24) is 0 Å². The number of halogens is 2. The van der Waals surface area contributed by atoms with Gasteiger partial charge >= 0.3 is 0 Å². The zero-order chi connectivity index (χ0) is 11.4. The van der Waals surface area contributed by atoms with Crippen molar-refractivity contribution in [1.29, 1.82) is 0 Å². The highest BCUT2D eigenvalue weighted by atomic mass is 79.9. The summed E-state index contributed by atoms with van der Waals surface area (Å²) in [6, 6.07) is 7.80. The van der Waals surface area contributed by atoms with E-state index in [0.717, 1.165) is 28.9 Å². The van der Waals surface area contributed by atoms with E-state index in [0.29, 0.717) is 6.61 Å². The predicted molar refractivity (Wildman–Crippen MR) is 68.3 cm³/mol. The Labute approximate surface area is 109 Å². The van der Waals surface area contributed by atoms with Crippen molar-refractivity contribution < 1.29 is 9.47 Å². The van der Waals surface area contributed by atoms with Crippen molar-refractivity contribution in [2.45, 2.75) is 18.6 Å². The predicted octanol–water partition coefficient (Wildman–Crippen LogP) is 3.58. The SMILES string of the molecule is Clc1ccccc1C(CBr)OC1CCOC1. The molecule has 1 aromatic rings. The molecule has 88 valence electrons. The molecule has 4 heteroatoms. The first-order valence-corrected chi connectivity index (χ1v) is 6.85. The van der Waals surface area contributed by atoms with Crippen LogP contribution in [0, 0.1) is 0 Å². The summed E-state index contributed by atoms with van der Waals surface area (Å²) in [5.41, 5.74) is 1.04. The van der Waals surface area contributed by atoms with Crippen LogP contribution in [0.5, 0.6) is 0 Å². The molecule has 1 heterocycles. The van der Waals surface area contributed by atoms with Crippen LogP contribution >= 0.6 is 27.5 Å². The Balaban J connectivity index is 2.06. The van der Waals surface area contributed by atoms with E-state index in [2.05, 4.69) is 15.9 Å². The lowest BCUT2D eigenvalue weighted by Gasteiger charge is -2.20. The van der Waals surface area contributed by atoms with E-state index < -0.39 is 0 Å². The summed E-state index contributed by atoms with van der Waals surface area (Å²) < 4.78 is 11.3. The van der Waals surface area contributed by atoms with E-state index in [1.54, 1.807) is 0 Å². The maximum absolute atomic E-state index is 6.15. The standard InChI is InChI=1S/C12H14BrClO2/c13-7-12(16-9-5-6-15-8-9)10-3-1-2-4-11(10)14/h1-4,9,12H,5-8H2. The Morgan fingerprint density at radius 3 is 2.94 bits per heavy atom. The molecule has 0 N–H and O–H groups in total. The zero-order valence-corrected chi connectivity index (χ0v) is 11.2. The molecule has 2 unspecified atom stereocenters. The molecule has 0 bridgehead atoms. The van der Waals surface area contributed by atoms with Gasteiger partial charge in [0.2, 0.25) is 0 Å². The lowest BCUT2D eigenvalue weighted by atomic mass is 10.1. The number of benzene rings is 1. The van der Waals surface area contributed by atoms with E-state index in [4.69, 9.17) is 21.1 Å². The van der Waals surface area contributed by atoms with E-state index in [1.807, 2.05) is 24.3 Å². The fourth-order valence-electron chi connectivity index (χ4n) is 1.78. The molecular formula is C12H14BrClO2. The van der Waals surface area contributed by atoms with Gasteiger partial charge in [0.25, 0.3) is 0 Å². The number of hydrogen-bond donors (Lipinski definition) is 0. The quantitative estimate of drug-likeness (QED) is 0.792. The summed E-state index contributed by atoms with van der Waals surface area (Å²) in [7, 11) is 0. The van der Waals surface area contributed by atoms with Gasteiger partial charge in [0.15, 0.2) is 0 Å². The van der Waals surface area contributed by atoms with Crippen LogP contribution in [0.3, 0.4) is 0 Å². The summed E-state index contributed by atoms with van der Waals surface area (Å²) in [5, 5.41) is 1.50. The van der Waals surface area contributed by atoms with Crippen molar-refractivity contribution in [3.8, 4) is 0 Å². The van der Waals surface area contributed by atoms with Crippen LogP contribution in [0.4, 0.5) is 0 Å². The van der Waals surface area contributed by atoms with Crippen molar-refractivity contribution in [3.05, 3.63) is 34.9 Å². The van der Waals surface area contributed by atoms with E-state index in [1.165, 1.54) is 0 Å². The average Bonchev–Trinajstić information content (AvgIpc) is 2.80. The molecule has 0 radical (unpaired) electrons. The number of alkyl halides is 1. The lowest BCUT2D eigenvalue weighted by molar-refractivity contribution is -0.00460. The summed E-state index contributed by atoms with van der Waals surface area (Å²) in [4.78, 5) is 0. The fraction of sp³-hybridized carbons (Fsp3) is 0.500. The first-order chi connectivity index (χ1) is 7.81. The summed E-state index contributed by atoms with van der Waals surface area (Å²) in [6.07, 6.45) is 1.16. The van der Waals surface area contributed by atoms with Gasteiger partial charge in [-0.1, -0.05) is 45.7 Å². The number of ether oxygens (including phenoxy) is 2. The molecule has 16 heavy (non-hydrogen) atoms. The normalized spacial score (nSPS) is 22.2. The third-order valence-corrected chi connectivity index (χ3v) is 3.57. The molecule has 2 atom stereocenters. The molecule has 1 aromatic carbocycles. The highest BCUT2D eigenvalue weighted by molar-refractivity contribution is 9.09. The molecule has 0 aromatic heterocycles. The average molecular weight is 306 g/mol. The largest absolute Gasteiger partial charge is 0.379 e. The van der Waals surface area contributed by atoms with Crippen molar-refractivity contribution >= 4 is 27.5 Å². The van der Waals surface area contributed by atoms with Crippen LogP contribution in [-0.2, 0) is 9.47 Å². The molecular weight excluding hydrogens is 291 g/mol. The number of rotatable bonds is 4. The monoisotopic (exact) mass is 304 g/mol. The van der Waals surface area contributed by atoms with Crippen LogP contribution in [0.1, 0.15) is 18.1 Å². The molecule has 2 nitrogen and oxygen atoms in total. The Bertz CT molecular complexity index is 340. The van der Waals surface area contributed by atoms with Gasteiger partial charge in [-0.15, -0.1) is 0 Å². The number of hydrogen-bond acceptors (Lipinski definition) is 2. The van der Waals surface area contributed by atoms with Crippen LogP contribution in [0.15, 0.2) is 24.3 Å². The maximum atomic E-state index is 6.15. The molecule has 1 fully saturated rings. The second-order valence-corrected chi connectivity index (χ2v) is 4.84. The topological polar surface area (TPSA) is 18.5 Å². The maximum Gasteiger partial charge on any atom is 0.0940 e. The Morgan fingerprint density at radius 2 is 2.31 bits per heavy atom. The van der Waals surface area contributed by atoms with Gasteiger partial charge in [-0.2, -0.15) is 0 Å². The van der Waals surface area contributed by atoms with Gasteiger partial charge in [0.1, 0.15) is 0 Å². The zero-order valence-electron chi connectivity index (χ0n) is 8.86. The van der Waals surface area contributed by atoms with Gasteiger partial charge in [-0.25, -0.2) is 0 Å². The lowest BCUT2D eigenvalue weighted by Crippen LogP contribution is -2.18. The summed E-state index contributed by atoms with van der Waals surface area (Å²) in [5.74, 6) is 0. The molecule has 0 aliphatic carbocycles. The second kappa shape index (κ2) is 6.01. The molecule has 1 aliphatic rings. The second-order valence-electron chi connectivity index (χ2n) is 3.79. The van der Waals surface area contributed by atoms with Gasteiger partial charge in [0, 0.05) is 22.5 Å². The van der Waals surface area contributed by atoms with Crippen LogP contribution < -0.4 is 0 Å². The van der Waals surface area contributed by atoms with Crippen LogP contribution in [0.2, 0.25) is 5.02 Å². The third-order valence-electron chi connectivity index (χ3n) is 2.64. The Hall–Kier alpha value is -0.0900. The molecule has 0 spiro atoms. The van der Waals surface area contributed by atoms with Crippen LogP contribution in [0.25, 0.3) is 0 Å². The minimum absolute atomic E-state index is 0.000370. The Morgan fingerprint density at radius 1 is 1.50 bits per heavy atom. The van der Waals surface area contributed by atoms with Gasteiger partial charge in [-0.3, -0.25) is 0 Å². The third kappa shape index (κ3) is 2.98. The van der Waals surface area contributed by atoms with Crippen molar-refractivity contribution in [3.63, 3.8) is 0 Å². The highest BCUT2D eigenvalue weighted by Gasteiger charge is 2.22. The first kappa shape index (κ1) is 12.4. The molecule has 0 amide bonds. The fourth-order valence-corrected chi connectivity index (χ4v) is 2.54. The molecule has 0 saturated carbocycles. The Kier molecular flexibility index (Phi) is 4.65. The minimum atomic E-state index is 0.000370. The smallest absolute Gasteiger partial charge is 0.0940 e. The van der Waals surface area contributed by atoms with E-state index >= 15 is 0 Å². The first-order valence-electron chi connectivity index (χ1n) is 5.35. The van der Waals surface area contributed by atoms with E-state index in [-0.39, 0.29) is 12.2 Å². The van der Waals surface area contributed by atoms with Gasteiger partial charge in [0.05, 0.1) is 18.8 Å². The van der Waals surface area contributed by atoms with Crippen molar-refractivity contribution in [2.75, 3.05) is 18.5 Å². The van der Waals surface area contributed by atoms with Gasteiger partial charge < -0.3 is 9.47 Å². The summed E-state index contributed by atoms with van der Waals surface area (Å²) >= 11 is 9.62. The summed E-state index contributed by atoms with van der Waals surface area (Å²) in [6.45, 7) is 1.48. The highest BCUT2D eigenvalue weighted by Crippen LogP contribution is 2.29. The van der Waals surface area contributed by atoms with Crippen molar-refractivity contribution in [2.24, 2.45) is 0 Å². The molecule has 2 rings (SSSR count). The van der Waals surface area contributed by atoms with Gasteiger partial charge in [-0.05, 0) is 12.5 Å². The molecule has 1 aliphatic heterocycles.